The normalized spacial score (nSPS) is 16.3. The molecule has 1 atom stereocenters. The molecule has 0 radical (unpaired) electrons. The van der Waals surface area contributed by atoms with Crippen LogP contribution in [0, 0.1) is 27.7 Å². The summed E-state index contributed by atoms with van der Waals surface area (Å²) in [4.78, 5) is 25.9. The van der Waals surface area contributed by atoms with Gasteiger partial charge < -0.3 is 14.5 Å². The number of carbonyl (C=O) groups excluding carboxylic acids is 1. The number of fused-ring (bicyclic) bond motifs is 1. The lowest BCUT2D eigenvalue weighted by molar-refractivity contribution is 0.0117. The van der Waals surface area contributed by atoms with Gasteiger partial charge in [0.25, 0.3) is 5.91 Å². The maximum absolute atomic E-state index is 13.0. The number of aromatic nitrogens is 2. The van der Waals surface area contributed by atoms with Crippen molar-refractivity contribution in [2.75, 3.05) is 32.8 Å². The van der Waals surface area contributed by atoms with Gasteiger partial charge in [0.1, 0.15) is 22.2 Å². The van der Waals surface area contributed by atoms with E-state index in [0.717, 1.165) is 51.9 Å². The molecule has 3 aromatic heterocycles. The molecule has 1 aliphatic rings. The van der Waals surface area contributed by atoms with Crippen LogP contribution in [0.15, 0.2) is 16.5 Å². The molecule has 1 N–H and O–H groups in total. The summed E-state index contributed by atoms with van der Waals surface area (Å²) in [5, 5.41) is 4.10. The maximum atomic E-state index is 13.0. The first kappa shape index (κ1) is 20.0. The monoisotopic (exact) mass is 414 g/mol. The zero-order chi connectivity index (χ0) is 20.5. The second-order valence-corrected chi connectivity index (χ2v) is 8.41. The van der Waals surface area contributed by atoms with Crippen LogP contribution in [0.2, 0.25) is 0 Å². The smallest absolute Gasteiger partial charge is 0.261 e. The van der Waals surface area contributed by atoms with Crippen LogP contribution in [0.4, 0.5) is 0 Å². The molecule has 0 aliphatic carbocycles. The predicted octanol–water partition coefficient (Wildman–Crippen LogP) is 3.32. The van der Waals surface area contributed by atoms with Crippen molar-refractivity contribution >= 4 is 27.5 Å². The van der Waals surface area contributed by atoms with Crippen molar-refractivity contribution in [2.24, 2.45) is 0 Å². The third-order valence-electron chi connectivity index (χ3n) is 5.32. The van der Waals surface area contributed by atoms with Gasteiger partial charge in [0.05, 0.1) is 24.1 Å². The highest BCUT2D eigenvalue weighted by Crippen LogP contribution is 2.31. The van der Waals surface area contributed by atoms with Crippen molar-refractivity contribution in [3.63, 3.8) is 0 Å². The van der Waals surface area contributed by atoms with Gasteiger partial charge in [-0.3, -0.25) is 9.69 Å². The van der Waals surface area contributed by atoms with E-state index in [1.165, 1.54) is 11.3 Å². The number of thiophene rings is 1. The molecule has 3 aromatic rings. The SMILES string of the molecule is Cc1nc(C)c2c(C)c(C(=O)NC[C@H](c3ccc(C)o3)N3CCOCC3)sc2n1. The highest BCUT2D eigenvalue weighted by Gasteiger charge is 2.27. The first-order valence-electron chi connectivity index (χ1n) is 9.84. The molecule has 1 amide bonds. The van der Waals surface area contributed by atoms with E-state index in [4.69, 9.17) is 9.15 Å². The number of nitrogens with one attached hydrogen (secondary N) is 1. The maximum Gasteiger partial charge on any atom is 0.261 e. The number of amides is 1. The predicted molar refractivity (Wildman–Crippen MR) is 113 cm³/mol. The third kappa shape index (κ3) is 4.05. The Morgan fingerprint density at radius 2 is 1.97 bits per heavy atom. The average molecular weight is 415 g/mol. The van der Waals surface area contributed by atoms with Crippen LogP contribution in [0.3, 0.4) is 0 Å². The number of carbonyl (C=O) groups is 1. The number of rotatable bonds is 5. The molecule has 0 bridgehead atoms. The molecule has 0 saturated carbocycles. The molecule has 1 fully saturated rings. The Labute approximate surface area is 174 Å². The minimum atomic E-state index is -0.0795. The molecule has 29 heavy (non-hydrogen) atoms. The van der Waals surface area contributed by atoms with E-state index in [9.17, 15) is 4.79 Å². The summed E-state index contributed by atoms with van der Waals surface area (Å²) >= 11 is 1.43. The van der Waals surface area contributed by atoms with Crippen molar-refractivity contribution < 1.29 is 13.9 Å². The molecule has 8 heteroatoms. The highest BCUT2D eigenvalue weighted by molar-refractivity contribution is 7.20. The van der Waals surface area contributed by atoms with Gasteiger partial charge in [0.15, 0.2) is 0 Å². The van der Waals surface area contributed by atoms with Crippen LogP contribution in [0.1, 0.15) is 44.3 Å². The lowest BCUT2D eigenvalue weighted by atomic mass is 10.1. The lowest BCUT2D eigenvalue weighted by Gasteiger charge is -2.33. The molecule has 1 saturated heterocycles. The van der Waals surface area contributed by atoms with Crippen LogP contribution in [-0.2, 0) is 4.74 Å². The molecule has 7 nitrogen and oxygen atoms in total. The van der Waals surface area contributed by atoms with Gasteiger partial charge in [-0.15, -0.1) is 11.3 Å². The minimum absolute atomic E-state index is 0.0185. The second kappa shape index (κ2) is 8.22. The van der Waals surface area contributed by atoms with E-state index in [-0.39, 0.29) is 11.9 Å². The van der Waals surface area contributed by atoms with Crippen molar-refractivity contribution in [1.82, 2.24) is 20.2 Å². The van der Waals surface area contributed by atoms with Crippen LogP contribution in [0.25, 0.3) is 10.2 Å². The Morgan fingerprint density at radius 1 is 1.21 bits per heavy atom. The molecular formula is C21H26N4O3S. The van der Waals surface area contributed by atoms with Gasteiger partial charge in [-0.1, -0.05) is 0 Å². The summed E-state index contributed by atoms with van der Waals surface area (Å²) in [6.45, 7) is 11.2. The van der Waals surface area contributed by atoms with Crippen molar-refractivity contribution in [3.8, 4) is 0 Å². The summed E-state index contributed by atoms with van der Waals surface area (Å²) in [7, 11) is 0. The van der Waals surface area contributed by atoms with Crippen LogP contribution in [0.5, 0.6) is 0 Å². The van der Waals surface area contributed by atoms with Gasteiger partial charge in [-0.05, 0) is 45.4 Å². The lowest BCUT2D eigenvalue weighted by Crippen LogP contribution is -2.43. The fourth-order valence-corrected chi connectivity index (χ4v) is 5.09. The van der Waals surface area contributed by atoms with Crippen LogP contribution < -0.4 is 5.32 Å². The number of hydrogen-bond donors (Lipinski definition) is 1. The van der Waals surface area contributed by atoms with Crippen LogP contribution in [-0.4, -0.2) is 53.6 Å². The fraction of sp³-hybridized carbons (Fsp3) is 0.476. The Hall–Kier alpha value is -2.29. The molecule has 1 aliphatic heterocycles. The molecular weight excluding hydrogens is 388 g/mol. The van der Waals surface area contributed by atoms with Gasteiger partial charge in [-0.25, -0.2) is 9.97 Å². The Morgan fingerprint density at radius 3 is 2.66 bits per heavy atom. The van der Waals surface area contributed by atoms with E-state index in [0.29, 0.717) is 24.6 Å². The molecule has 0 unspecified atom stereocenters. The minimum Gasteiger partial charge on any atom is -0.465 e. The molecule has 4 rings (SSSR count). The fourth-order valence-electron chi connectivity index (χ4n) is 3.89. The van der Waals surface area contributed by atoms with E-state index in [1.807, 2.05) is 39.8 Å². The number of nitrogens with zero attached hydrogens (tertiary/aromatic N) is 3. The molecule has 0 aromatic carbocycles. The Balaban J connectivity index is 1.56. The van der Waals surface area contributed by atoms with Crippen molar-refractivity contribution in [1.29, 1.82) is 0 Å². The topological polar surface area (TPSA) is 80.5 Å². The average Bonchev–Trinajstić information content (AvgIpc) is 3.26. The quantitative estimate of drug-likeness (QED) is 0.690. The van der Waals surface area contributed by atoms with Gasteiger partial charge in [0, 0.05) is 30.7 Å². The van der Waals surface area contributed by atoms with Crippen LogP contribution >= 0.6 is 11.3 Å². The number of morpholine rings is 1. The summed E-state index contributed by atoms with van der Waals surface area (Å²) in [6.07, 6.45) is 0. The first-order chi connectivity index (χ1) is 13.9. The van der Waals surface area contributed by atoms with E-state index >= 15 is 0 Å². The molecule has 0 spiro atoms. The third-order valence-corrected chi connectivity index (χ3v) is 6.51. The summed E-state index contributed by atoms with van der Waals surface area (Å²) < 4.78 is 11.4. The summed E-state index contributed by atoms with van der Waals surface area (Å²) in [5.41, 5.74) is 1.86. The Kier molecular flexibility index (Phi) is 5.67. The van der Waals surface area contributed by atoms with Gasteiger partial charge in [-0.2, -0.15) is 0 Å². The van der Waals surface area contributed by atoms with Crippen molar-refractivity contribution in [2.45, 2.75) is 33.7 Å². The van der Waals surface area contributed by atoms with Gasteiger partial charge >= 0.3 is 0 Å². The largest absolute Gasteiger partial charge is 0.465 e. The van der Waals surface area contributed by atoms with E-state index in [2.05, 4.69) is 20.2 Å². The van der Waals surface area contributed by atoms with Crippen molar-refractivity contribution in [3.05, 3.63) is 45.6 Å². The summed E-state index contributed by atoms with van der Waals surface area (Å²) in [5.74, 6) is 2.39. The van der Waals surface area contributed by atoms with Gasteiger partial charge in [0.2, 0.25) is 0 Å². The van der Waals surface area contributed by atoms with E-state index in [1.54, 1.807) is 0 Å². The second-order valence-electron chi connectivity index (χ2n) is 7.42. The number of furan rings is 1. The first-order valence-corrected chi connectivity index (χ1v) is 10.7. The number of hydrogen-bond acceptors (Lipinski definition) is 7. The zero-order valence-electron chi connectivity index (χ0n) is 17.2. The summed E-state index contributed by atoms with van der Waals surface area (Å²) in [6, 6.07) is 3.94. The molecule has 4 heterocycles. The highest BCUT2D eigenvalue weighted by atomic mass is 32.1. The number of aryl methyl sites for hydroxylation is 4. The number of ether oxygens (including phenoxy) is 1. The van der Waals surface area contributed by atoms with E-state index < -0.39 is 0 Å². The zero-order valence-corrected chi connectivity index (χ0v) is 18.1. The standard InChI is InChI=1S/C21H26N4O3S/c1-12-5-6-17(28-12)16(25-7-9-27-10-8-25)11-22-20(26)19-13(2)18-14(3)23-15(4)24-21(18)29-19/h5-6,16H,7-11H2,1-4H3,(H,22,26)/t16-/m1/s1. The Bertz CT molecular complexity index is 1040. The molecule has 154 valence electrons.